The third-order valence-corrected chi connectivity index (χ3v) is 4.51. The van der Waals surface area contributed by atoms with Crippen LogP contribution in [0.1, 0.15) is 16.5 Å². The standard InChI is InChI=1S/C12H11Cl3N2S/c13-8-2-1-7(9(14)6-8)5-10(17-16)11-3-4-12(15)18-11/h1-4,6,10,17H,5,16H2. The van der Waals surface area contributed by atoms with Crippen LogP contribution in [0.5, 0.6) is 0 Å². The number of halogens is 3. The summed E-state index contributed by atoms with van der Waals surface area (Å²) in [6.45, 7) is 0. The Hall–Kier alpha value is -0.290. The van der Waals surface area contributed by atoms with Crippen molar-refractivity contribution in [2.75, 3.05) is 0 Å². The summed E-state index contributed by atoms with van der Waals surface area (Å²) in [4.78, 5) is 1.08. The van der Waals surface area contributed by atoms with Crippen LogP contribution in [0.15, 0.2) is 30.3 Å². The molecule has 0 amide bonds. The average molecular weight is 322 g/mol. The van der Waals surface area contributed by atoms with Crippen LogP contribution in [0.2, 0.25) is 14.4 Å². The number of hydrazine groups is 1. The van der Waals surface area contributed by atoms with Gasteiger partial charge < -0.3 is 0 Å². The maximum atomic E-state index is 6.15. The van der Waals surface area contributed by atoms with Gasteiger partial charge in [0.1, 0.15) is 0 Å². The van der Waals surface area contributed by atoms with Crippen molar-refractivity contribution >= 4 is 46.1 Å². The number of hydrogen-bond acceptors (Lipinski definition) is 3. The van der Waals surface area contributed by atoms with Crippen LogP contribution < -0.4 is 11.3 Å². The first-order valence-corrected chi connectivity index (χ1v) is 7.20. The minimum absolute atomic E-state index is 0.0128. The van der Waals surface area contributed by atoms with Crippen molar-refractivity contribution < 1.29 is 0 Å². The first-order valence-electron chi connectivity index (χ1n) is 5.25. The molecule has 2 rings (SSSR count). The Balaban J connectivity index is 2.20. The Morgan fingerprint density at radius 2 is 1.94 bits per heavy atom. The van der Waals surface area contributed by atoms with E-state index in [2.05, 4.69) is 5.43 Å². The van der Waals surface area contributed by atoms with E-state index in [-0.39, 0.29) is 6.04 Å². The van der Waals surface area contributed by atoms with Crippen LogP contribution in [0.3, 0.4) is 0 Å². The van der Waals surface area contributed by atoms with E-state index in [9.17, 15) is 0 Å². The minimum Gasteiger partial charge on any atom is -0.271 e. The van der Waals surface area contributed by atoms with E-state index in [0.717, 1.165) is 14.8 Å². The van der Waals surface area contributed by atoms with Gasteiger partial charge in [0.25, 0.3) is 0 Å². The predicted molar refractivity (Wildman–Crippen MR) is 79.6 cm³/mol. The average Bonchev–Trinajstić information content (AvgIpc) is 2.75. The molecule has 1 atom stereocenters. The molecular weight excluding hydrogens is 311 g/mol. The Labute approximate surface area is 125 Å². The highest BCUT2D eigenvalue weighted by molar-refractivity contribution is 7.16. The van der Waals surface area contributed by atoms with Crippen molar-refractivity contribution in [3.63, 3.8) is 0 Å². The zero-order chi connectivity index (χ0) is 13.1. The summed E-state index contributed by atoms with van der Waals surface area (Å²) < 4.78 is 0.743. The van der Waals surface area contributed by atoms with Crippen LogP contribution in [-0.2, 0) is 6.42 Å². The number of thiophene rings is 1. The van der Waals surface area contributed by atoms with Gasteiger partial charge in [-0.15, -0.1) is 11.3 Å². The smallest absolute Gasteiger partial charge is 0.0931 e. The second-order valence-electron chi connectivity index (χ2n) is 3.80. The molecule has 2 aromatic rings. The van der Waals surface area contributed by atoms with Crippen LogP contribution in [-0.4, -0.2) is 0 Å². The molecule has 0 aliphatic carbocycles. The van der Waals surface area contributed by atoms with E-state index in [1.54, 1.807) is 6.07 Å². The molecule has 18 heavy (non-hydrogen) atoms. The molecule has 0 spiro atoms. The molecule has 6 heteroatoms. The highest BCUT2D eigenvalue weighted by Crippen LogP contribution is 2.30. The van der Waals surface area contributed by atoms with Gasteiger partial charge in [-0.2, -0.15) is 0 Å². The van der Waals surface area contributed by atoms with Gasteiger partial charge in [-0.05, 0) is 36.2 Å². The largest absolute Gasteiger partial charge is 0.271 e. The van der Waals surface area contributed by atoms with E-state index in [1.807, 2.05) is 24.3 Å². The van der Waals surface area contributed by atoms with E-state index < -0.39 is 0 Å². The van der Waals surface area contributed by atoms with Gasteiger partial charge in [-0.1, -0.05) is 40.9 Å². The topological polar surface area (TPSA) is 38.0 Å². The van der Waals surface area contributed by atoms with Gasteiger partial charge >= 0.3 is 0 Å². The molecule has 96 valence electrons. The molecule has 2 nitrogen and oxygen atoms in total. The molecule has 1 unspecified atom stereocenters. The van der Waals surface area contributed by atoms with E-state index in [1.165, 1.54) is 11.3 Å². The molecule has 1 aromatic carbocycles. The lowest BCUT2D eigenvalue weighted by molar-refractivity contribution is 0.561. The second-order valence-corrected chi connectivity index (χ2v) is 6.39. The van der Waals surface area contributed by atoms with Crippen molar-refractivity contribution in [1.82, 2.24) is 5.43 Å². The van der Waals surface area contributed by atoms with Crippen LogP contribution >= 0.6 is 46.1 Å². The van der Waals surface area contributed by atoms with E-state index in [4.69, 9.17) is 40.6 Å². The molecule has 0 radical (unpaired) electrons. The zero-order valence-corrected chi connectivity index (χ0v) is 12.4. The van der Waals surface area contributed by atoms with Crippen LogP contribution in [0, 0.1) is 0 Å². The maximum Gasteiger partial charge on any atom is 0.0931 e. The molecule has 0 aliphatic heterocycles. The Morgan fingerprint density at radius 1 is 1.17 bits per heavy atom. The summed E-state index contributed by atoms with van der Waals surface area (Å²) >= 11 is 19.4. The summed E-state index contributed by atoms with van der Waals surface area (Å²) in [6.07, 6.45) is 0.684. The van der Waals surface area contributed by atoms with Gasteiger partial charge in [0.2, 0.25) is 0 Å². The summed E-state index contributed by atoms with van der Waals surface area (Å²) in [5.41, 5.74) is 3.78. The van der Waals surface area contributed by atoms with Gasteiger partial charge in [-0.3, -0.25) is 11.3 Å². The Morgan fingerprint density at radius 3 is 2.50 bits per heavy atom. The lowest BCUT2D eigenvalue weighted by atomic mass is 10.1. The summed E-state index contributed by atoms with van der Waals surface area (Å²) in [5, 5.41) is 1.27. The Bertz CT molecular complexity index is 542. The summed E-state index contributed by atoms with van der Waals surface area (Å²) in [7, 11) is 0. The summed E-state index contributed by atoms with van der Waals surface area (Å²) in [6, 6.07) is 9.26. The van der Waals surface area contributed by atoms with Crippen molar-refractivity contribution in [2.45, 2.75) is 12.5 Å². The van der Waals surface area contributed by atoms with Gasteiger partial charge in [-0.25, -0.2) is 0 Å². The molecule has 1 aromatic heterocycles. The molecule has 0 saturated carbocycles. The van der Waals surface area contributed by atoms with Crippen LogP contribution in [0.4, 0.5) is 0 Å². The van der Waals surface area contributed by atoms with Crippen molar-refractivity contribution in [3.05, 3.63) is 55.2 Å². The predicted octanol–water partition coefficient (Wildman–Crippen LogP) is 4.46. The number of benzene rings is 1. The van der Waals surface area contributed by atoms with Crippen molar-refractivity contribution in [2.24, 2.45) is 5.84 Å². The van der Waals surface area contributed by atoms with Crippen LogP contribution in [0.25, 0.3) is 0 Å². The number of nitrogens with two attached hydrogens (primary N) is 1. The first kappa shape index (κ1) is 14.1. The molecular formula is C12H11Cl3N2S. The fourth-order valence-corrected chi connectivity index (χ4v) is 3.27. The highest BCUT2D eigenvalue weighted by Gasteiger charge is 2.14. The summed E-state index contributed by atoms with van der Waals surface area (Å²) in [5.74, 6) is 5.59. The monoisotopic (exact) mass is 320 g/mol. The lowest BCUT2D eigenvalue weighted by Gasteiger charge is -2.15. The second kappa shape index (κ2) is 6.24. The van der Waals surface area contributed by atoms with Gasteiger partial charge in [0, 0.05) is 14.9 Å². The van der Waals surface area contributed by atoms with E-state index >= 15 is 0 Å². The molecule has 1 heterocycles. The fraction of sp³-hybridized carbons (Fsp3) is 0.167. The number of hydrogen-bond donors (Lipinski definition) is 2. The fourth-order valence-electron chi connectivity index (χ4n) is 1.66. The molecule has 3 N–H and O–H groups in total. The molecule has 0 aliphatic rings. The number of nitrogens with one attached hydrogen (secondary N) is 1. The Kier molecular flexibility index (Phi) is 4.90. The lowest BCUT2D eigenvalue weighted by Crippen LogP contribution is -2.29. The quantitative estimate of drug-likeness (QED) is 0.644. The van der Waals surface area contributed by atoms with Crippen molar-refractivity contribution in [3.8, 4) is 0 Å². The zero-order valence-electron chi connectivity index (χ0n) is 9.29. The SMILES string of the molecule is NNC(Cc1ccc(Cl)cc1Cl)c1ccc(Cl)s1. The molecule has 0 saturated heterocycles. The van der Waals surface area contributed by atoms with Gasteiger partial charge in [0.15, 0.2) is 0 Å². The van der Waals surface area contributed by atoms with Gasteiger partial charge in [0.05, 0.1) is 10.4 Å². The molecule has 0 fully saturated rings. The maximum absolute atomic E-state index is 6.15. The molecule has 0 bridgehead atoms. The third kappa shape index (κ3) is 3.38. The highest BCUT2D eigenvalue weighted by atomic mass is 35.5. The normalized spacial score (nSPS) is 12.7. The minimum atomic E-state index is -0.0128. The van der Waals surface area contributed by atoms with E-state index in [0.29, 0.717) is 16.5 Å². The third-order valence-electron chi connectivity index (χ3n) is 2.58. The van der Waals surface area contributed by atoms with Crippen molar-refractivity contribution in [1.29, 1.82) is 0 Å². The number of rotatable bonds is 4. The first-order chi connectivity index (χ1) is 8.60.